The van der Waals surface area contributed by atoms with Crippen LogP contribution in [0, 0.1) is 0 Å². The Balaban J connectivity index is 2.19. The fourth-order valence-corrected chi connectivity index (χ4v) is 1.82. The number of phenols is 1. The fraction of sp³-hybridized carbons (Fsp3) is 0.455. The summed E-state index contributed by atoms with van der Waals surface area (Å²) in [5, 5.41) is 16.5. The molecule has 1 aliphatic heterocycles. The summed E-state index contributed by atoms with van der Waals surface area (Å²) < 4.78 is 5.04. The maximum Gasteiger partial charge on any atom is 0.124 e. The zero-order chi connectivity index (χ0) is 10.7. The highest BCUT2D eigenvalue weighted by atomic mass is 16.5. The highest BCUT2D eigenvalue weighted by Crippen LogP contribution is 2.28. The summed E-state index contributed by atoms with van der Waals surface area (Å²) in [5.74, 6) is 0.968. The van der Waals surface area contributed by atoms with Crippen LogP contribution in [-0.4, -0.2) is 31.9 Å². The molecule has 2 rings (SSSR count). The SMILES string of the molecule is COc1ccc([C@@H]2CNCCN2)c(O)c1. The van der Waals surface area contributed by atoms with Gasteiger partial charge in [-0.05, 0) is 6.07 Å². The van der Waals surface area contributed by atoms with Gasteiger partial charge in [0.1, 0.15) is 11.5 Å². The number of nitrogens with one attached hydrogen (secondary N) is 2. The molecule has 0 amide bonds. The Kier molecular flexibility index (Phi) is 3.08. The van der Waals surface area contributed by atoms with Crippen LogP contribution >= 0.6 is 0 Å². The van der Waals surface area contributed by atoms with Gasteiger partial charge in [0.15, 0.2) is 0 Å². The van der Waals surface area contributed by atoms with Crippen LogP contribution < -0.4 is 15.4 Å². The predicted molar refractivity (Wildman–Crippen MR) is 58.3 cm³/mol. The third-order valence-electron chi connectivity index (χ3n) is 2.65. The molecule has 0 bridgehead atoms. The summed E-state index contributed by atoms with van der Waals surface area (Å²) in [5.41, 5.74) is 0.919. The van der Waals surface area contributed by atoms with Gasteiger partial charge in [0.05, 0.1) is 7.11 Å². The molecule has 1 heterocycles. The van der Waals surface area contributed by atoms with Gasteiger partial charge in [-0.15, -0.1) is 0 Å². The largest absolute Gasteiger partial charge is 0.507 e. The molecule has 4 nitrogen and oxygen atoms in total. The Bertz CT molecular complexity index is 335. The smallest absolute Gasteiger partial charge is 0.124 e. The van der Waals surface area contributed by atoms with Crippen molar-refractivity contribution in [1.82, 2.24) is 10.6 Å². The van der Waals surface area contributed by atoms with Crippen molar-refractivity contribution in [1.29, 1.82) is 0 Å². The molecular formula is C11H16N2O2. The van der Waals surface area contributed by atoms with Crippen LogP contribution in [0.2, 0.25) is 0 Å². The maximum absolute atomic E-state index is 9.83. The van der Waals surface area contributed by atoms with Crippen molar-refractivity contribution < 1.29 is 9.84 Å². The van der Waals surface area contributed by atoms with E-state index < -0.39 is 0 Å². The summed E-state index contributed by atoms with van der Waals surface area (Å²) in [6.45, 7) is 2.75. The molecular weight excluding hydrogens is 192 g/mol. The molecule has 1 aliphatic rings. The molecule has 0 aromatic heterocycles. The van der Waals surface area contributed by atoms with Crippen molar-refractivity contribution in [2.24, 2.45) is 0 Å². The number of hydrogen-bond donors (Lipinski definition) is 3. The van der Waals surface area contributed by atoms with Gasteiger partial charge in [-0.3, -0.25) is 0 Å². The number of ether oxygens (including phenoxy) is 1. The van der Waals surface area contributed by atoms with Crippen LogP contribution in [0.15, 0.2) is 18.2 Å². The standard InChI is InChI=1S/C11H16N2O2/c1-15-8-2-3-9(11(14)6-8)10-7-12-4-5-13-10/h2-3,6,10,12-14H,4-5,7H2,1H3/t10-/m0/s1. The summed E-state index contributed by atoms with van der Waals surface area (Å²) >= 11 is 0. The number of piperazine rings is 1. The third kappa shape index (κ3) is 2.22. The van der Waals surface area contributed by atoms with E-state index in [1.165, 1.54) is 0 Å². The zero-order valence-corrected chi connectivity index (χ0v) is 8.79. The summed E-state index contributed by atoms with van der Waals surface area (Å²) in [6, 6.07) is 5.60. The Hall–Kier alpha value is -1.26. The number of phenolic OH excluding ortho intramolecular Hbond substituents is 1. The lowest BCUT2D eigenvalue weighted by atomic mass is 10.0. The second-order valence-electron chi connectivity index (χ2n) is 3.64. The van der Waals surface area contributed by atoms with Crippen molar-refractivity contribution >= 4 is 0 Å². The zero-order valence-electron chi connectivity index (χ0n) is 8.79. The van der Waals surface area contributed by atoms with Crippen molar-refractivity contribution in [3.63, 3.8) is 0 Å². The van der Waals surface area contributed by atoms with E-state index >= 15 is 0 Å². The molecule has 1 aromatic rings. The first-order chi connectivity index (χ1) is 7.31. The van der Waals surface area contributed by atoms with Crippen molar-refractivity contribution in [2.75, 3.05) is 26.7 Å². The van der Waals surface area contributed by atoms with E-state index in [2.05, 4.69) is 10.6 Å². The average molecular weight is 208 g/mol. The quantitative estimate of drug-likeness (QED) is 0.667. The minimum Gasteiger partial charge on any atom is -0.507 e. The van der Waals surface area contributed by atoms with Gasteiger partial charge in [0, 0.05) is 37.3 Å². The van der Waals surface area contributed by atoms with Gasteiger partial charge in [-0.25, -0.2) is 0 Å². The first kappa shape index (κ1) is 10.3. The highest BCUT2D eigenvalue weighted by Gasteiger charge is 2.17. The van der Waals surface area contributed by atoms with Crippen LogP contribution in [0.1, 0.15) is 11.6 Å². The van der Waals surface area contributed by atoms with Gasteiger partial charge < -0.3 is 20.5 Å². The molecule has 1 fully saturated rings. The summed E-state index contributed by atoms with van der Waals surface area (Å²) in [7, 11) is 1.59. The van der Waals surface area contributed by atoms with Gasteiger partial charge in [0.2, 0.25) is 0 Å². The lowest BCUT2D eigenvalue weighted by Crippen LogP contribution is -2.42. The molecule has 1 aromatic carbocycles. The number of rotatable bonds is 2. The third-order valence-corrected chi connectivity index (χ3v) is 2.65. The van der Waals surface area contributed by atoms with Crippen LogP contribution in [0.25, 0.3) is 0 Å². The second kappa shape index (κ2) is 4.51. The molecule has 82 valence electrons. The van der Waals surface area contributed by atoms with Crippen LogP contribution in [0.4, 0.5) is 0 Å². The average Bonchev–Trinajstić information content (AvgIpc) is 2.30. The van der Waals surface area contributed by atoms with Gasteiger partial charge in [0.25, 0.3) is 0 Å². The number of benzene rings is 1. The molecule has 0 unspecified atom stereocenters. The van der Waals surface area contributed by atoms with Crippen LogP contribution in [0.3, 0.4) is 0 Å². The summed E-state index contributed by atoms with van der Waals surface area (Å²) in [4.78, 5) is 0. The Morgan fingerprint density at radius 3 is 2.87 bits per heavy atom. The first-order valence-electron chi connectivity index (χ1n) is 5.12. The maximum atomic E-state index is 9.83. The number of hydrogen-bond acceptors (Lipinski definition) is 4. The van der Waals surface area contributed by atoms with E-state index in [1.807, 2.05) is 12.1 Å². The van der Waals surface area contributed by atoms with Crippen molar-refractivity contribution in [3.05, 3.63) is 23.8 Å². The van der Waals surface area contributed by atoms with E-state index in [4.69, 9.17) is 4.74 Å². The number of methoxy groups -OCH3 is 1. The number of aromatic hydroxyl groups is 1. The van der Waals surface area contributed by atoms with E-state index in [1.54, 1.807) is 13.2 Å². The van der Waals surface area contributed by atoms with E-state index in [-0.39, 0.29) is 11.8 Å². The lowest BCUT2D eigenvalue weighted by molar-refractivity contribution is 0.391. The molecule has 3 N–H and O–H groups in total. The molecule has 0 spiro atoms. The van der Waals surface area contributed by atoms with Gasteiger partial charge in [-0.2, -0.15) is 0 Å². The Morgan fingerprint density at radius 2 is 2.27 bits per heavy atom. The van der Waals surface area contributed by atoms with Gasteiger partial charge >= 0.3 is 0 Å². The van der Waals surface area contributed by atoms with E-state index in [0.717, 1.165) is 25.2 Å². The minimum atomic E-state index is 0.185. The Labute approximate surface area is 89.3 Å². The predicted octanol–water partition coefficient (Wildman–Crippen LogP) is 0.635. The molecule has 4 heteroatoms. The molecule has 0 aliphatic carbocycles. The van der Waals surface area contributed by atoms with Crippen LogP contribution in [0.5, 0.6) is 11.5 Å². The molecule has 1 saturated heterocycles. The molecule has 0 radical (unpaired) electrons. The molecule has 0 saturated carbocycles. The fourth-order valence-electron chi connectivity index (χ4n) is 1.82. The first-order valence-corrected chi connectivity index (χ1v) is 5.12. The molecule has 15 heavy (non-hydrogen) atoms. The highest BCUT2D eigenvalue weighted by molar-refractivity contribution is 5.41. The van der Waals surface area contributed by atoms with Crippen molar-refractivity contribution in [3.8, 4) is 11.5 Å². The van der Waals surface area contributed by atoms with E-state index in [9.17, 15) is 5.11 Å². The van der Waals surface area contributed by atoms with Crippen molar-refractivity contribution in [2.45, 2.75) is 6.04 Å². The molecule has 1 atom stereocenters. The second-order valence-corrected chi connectivity index (χ2v) is 3.64. The Morgan fingerprint density at radius 1 is 1.40 bits per heavy atom. The monoisotopic (exact) mass is 208 g/mol. The minimum absolute atomic E-state index is 0.185. The topological polar surface area (TPSA) is 53.5 Å². The summed E-state index contributed by atoms with van der Waals surface area (Å²) in [6.07, 6.45) is 0. The van der Waals surface area contributed by atoms with Gasteiger partial charge in [-0.1, -0.05) is 6.07 Å². The normalized spacial score (nSPS) is 21.3. The lowest BCUT2D eigenvalue weighted by Gasteiger charge is -2.25. The van der Waals surface area contributed by atoms with E-state index in [0.29, 0.717) is 5.75 Å². The van der Waals surface area contributed by atoms with Crippen LogP contribution in [-0.2, 0) is 0 Å².